The van der Waals surface area contributed by atoms with E-state index in [4.69, 9.17) is 33.4 Å². The molecular weight excluding hydrogens is 231 g/mol. The first-order valence-corrected chi connectivity index (χ1v) is 4.56. The van der Waals surface area contributed by atoms with Gasteiger partial charge < -0.3 is 10.2 Å². The van der Waals surface area contributed by atoms with Crippen molar-refractivity contribution in [1.82, 2.24) is 0 Å². The molecule has 14 heavy (non-hydrogen) atoms. The molecule has 2 N–H and O–H groups in total. The largest absolute Gasteiger partial charge is 0.481 e. The van der Waals surface area contributed by atoms with Gasteiger partial charge in [0.15, 0.2) is 0 Å². The molecule has 0 aliphatic heterocycles. The molecule has 0 bridgehead atoms. The van der Waals surface area contributed by atoms with Gasteiger partial charge in [0, 0.05) is 5.92 Å². The van der Waals surface area contributed by atoms with Crippen LogP contribution in [-0.4, -0.2) is 22.2 Å². The zero-order chi connectivity index (χ0) is 11.1. The third-order valence-corrected chi connectivity index (χ3v) is 2.87. The maximum atomic E-state index is 10.8. The highest BCUT2D eigenvalue weighted by atomic mass is 35.5. The molecule has 6 heteroatoms. The zero-order valence-corrected chi connectivity index (χ0v) is 8.71. The average Bonchev–Trinajstić information content (AvgIpc) is 2.56. The highest BCUT2D eigenvalue weighted by Crippen LogP contribution is 2.60. The van der Waals surface area contributed by atoms with Gasteiger partial charge in [-0.2, -0.15) is 0 Å². The number of hydrogen-bond acceptors (Lipinski definition) is 2. The molecular formula is C8H8Cl2O4. The number of rotatable bonds is 3. The van der Waals surface area contributed by atoms with Crippen molar-refractivity contribution in [3.05, 3.63) is 10.6 Å². The van der Waals surface area contributed by atoms with Gasteiger partial charge in [0.2, 0.25) is 0 Å². The monoisotopic (exact) mass is 238 g/mol. The van der Waals surface area contributed by atoms with Crippen LogP contribution in [0.1, 0.15) is 6.92 Å². The third-order valence-electron chi connectivity index (χ3n) is 2.62. The zero-order valence-electron chi connectivity index (χ0n) is 7.20. The minimum absolute atomic E-state index is 0.105. The molecule has 1 aliphatic carbocycles. The first-order chi connectivity index (χ1) is 6.31. The Hall–Kier alpha value is -0.740. The second-order valence-corrected chi connectivity index (χ2v) is 4.39. The molecule has 0 aromatic rings. The minimum Gasteiger partial charge on any atom is -0.481 e. The summed E-state index contributed by atoms with van der Waals surface area (Å²) in [5.41, 5.74) is -1.29. The van der Waals surface area contributed by atoms with Crippen molar-refractivity contribution in [2.24, 2.45) is 17.3 Å². The van der Waals surface area contributed by atoms with E-state index >= 15 is 0 Å². The maximum absolute atomic E-state index is 10.8. The van der Waals surface area contributed by atoms with Crippen molar-refractivity contribution in [3.8, 4) is 0 Å². The summed E-state index contributed by atoms with van der Waals surface area (Å²) in [6, 6.07) is 0. The van der Waals surface area contributed by atoms with E-state index < -0.39 is 29.2 Å². The van der Waals surface area contributed by atoms with E-state index in [-0.39, 0.29) is 4.49 Å². The van der Waals surface area contributed by atoms with Gasteiger partial charge in [0.05, 0.1) is 11.3 Å². The minimum atomic E-state index is -1.29. The van der Waals surface area contributed by atoms with Crippen LogP contribution in [0.15, 0.2) is 10.6 Å². The Kier molecular flexibility index (Phi) is 2.78. The van der Waals surface area contributed by atoms with Gasteiger partial charge in [-0.05, 0) is 13.0 Å². The molecule has 3 atom stereocenters. The van der Waals surface area contributed by atoms with E-state index in [9.17, 15) is 9.59 Å². The maximum Gasteiger partial charge on any atom is 0.310 e. The van der Waals surface area contributed by atoms with Crippen LogP contribution in [0.2, 0.25) is 0 Å². The van der Waals surface area contributed by atoms with Crippen molar-refractivity contribution in [1.29, 1.82) is 0 Å². The lowest BCUT2D eigenvalue weighted by molar-refractivity contribution is -0.148. The standard InChI is InChI=1S/C8H8Cl2O4/c1-8(7(13)14)3(2-4(9)10)5(8)6(11)12/h2-3,5H,1H3,(H,11,12)(H,13,14)/t3-,5+,8?/m0/s1. The molecule has 1 unspecified atom stereocenters. The highest BCUT2D eigenvalue weighted by molar-refractivity contribution is 6.55. The summed E-state index contributed by atoms with van der Waals surface area (Å²) >= 11 is 10.7. The van der Waals surface area contributed by atoms with Gasteiger partial charge in [0.1, 0.15) is 4.49 Å². The Bertz CT molecular complexity index is 321. The Balaban J connectivity index is 2.95. The molecule has 0 radical (unpaired) electrons. The van der Waals surface area contributed by atoms with Crippen LogP contribution in [0.4, 0.5) is 0 Å². The predicted octanol–water partition coefficient (Wildman–Crippen LogP) is 1.73. The second kappa shape index (κ2) is 3.44. The van der Waals surface area contributed by atoms with Crippen molar-refractivity contribution >= 4 is 35.1 Å². The fourth-order valence-electron chi connectivity index (χ4n) is 1.64. The Labute approximate surface area is 90.1 Å². The third kappa shape index (κ3) is 1.60. The molecule has 0 aromatic heterocycles. The van der Waals surface area contributed by atoms with Crippen LogP contribution in [0.3, 0.4) is 0 Å². The number of hydrogen-bond donors (Lipinski definition) is 2. The number of allylic oxidation sites excluding steroid dienone is 1. The lowest BCUT2D eigenvalue weighted by Crippen LogP contribution is -2.17. The molecule has 0 aromatic carbocycles. The second-order valence-electron chi connectivity index (χ2n) is 3.39. The normalized spacial score (nSPS) is 34.8. The number of carboxylic acids is 2. The van der Waals surface area contributed by atoms with Gasteiger partial charge in [-0.1, -0.05) is 23.2 Å². The fraction of sp³-hybridized carbons (Fsp3) is 0.500. The van der Waals surface area contributed by atoms with Gasteiger partial charge in [-0.3, -0.25) is 9.59 Å². The lowest BCUT2D eigenvalue weighted by Gasteiger charge is -2.00. The number of halogens is 2. The summed E-state index contributed by atoms with van der Waals surface area (Å²) in [5, 5.41) is 17.6. The number of carbonyl (C=O) groups is 2. The van der Waals surface area contributed by atoms with E-state index in [1.54, 1.807) is 0 Å². The van der Waals surface area contributed by atoms with Crippen LogP contribution in [0.25, 0.3) is 0 Å². The molecule has 0 saturated heterocycles. The summed E-state index contributed by atoms with van der Waals surface area (Å²) in [5.74, 6) is -3.89. The van der Waals surface area contributed by atoms with Crippen molar-refractivity contribution in [3.63, 3.8) is 0 Å². The first-order valence-electron chi connectivity index (χ1n) is 3.80. The van der Waals surface area contributed by atoms with Crippen molar-refractivity contribution in [2.75, 3.05) is 0 Å². The van der Waals surface area contributed by atoms with Crippen molar-refractivity contribution in [2.45, 2.75) is 6.92 Å². The summed E-state index contributed by atoms with van der Waals surface area (Å²) in [7, 11) is 0. The molecule has 0 heterocycles. The number of carboxylic acid groups (broad SMARTS) is 2. The molecule has 0 spiro atoms. The van der Waals surface area contributed by atoms with E-state index in [0.717, 1.165) is 0 Å². The Morgan fingerprint density at radius 1 is 1.36 bits per heavy atom. The Morgan fingerprint density at radius 2 is 1.86 bits per heavy atom. The molecule has 1 aliphatic rings. The van der Waals surface area contributed by atoms with E-state index in [0.29, 0.717) is 0 Å². The van der Waals surface area contributed by atoms with E-state index in [1.807, 2.05) is 0 Å². The van der Waals surface area contributed by atoms with E-state index in [2.05, 4.69) is 0 Å². The molecule has 4 nitrogen and oxygen atoms in total. The molecule has 1 saturated carbocycles. The van der Waals surface area contributed by atoms with Gasteiger partial charge in [-0.15, -0.1) is 0 Å². The van der Waals surface area contributed by atoms with Crippen LogP contribution in [-0.2, 0) is 9.59 Å². The molecule has 0 amide bonds. The van der Waals surface area contributed by atoms with Gasteiger partial charge in [0.25, 0.3) is 0 Å². The summed E-state index contributed by atoms with van der Waals surface area (Å²) < 4.78 is -0.105. The smallest absolute Gasteiger partial charge is 0.310 e. The van der Waals surface area contributed by atoms with E-state index in [1.165, 1.54) is 13.0 Å². The highest BCUT2D eigenvalue weighted by Gasteiger charge is 2.69. The van der Waals surface area contributed by atoms with Crippen LogP contribution >= 0.6 is 23.2 Å². The SMILES string of the molecule is CC1(C(=O)O)[C@@H](C=C(Cl)Cl)[C@@H]1C(=O)O. The predicted molar refractivity (Wildman–Crippen MR) is 50.1 cm³/mol. The molecule has 1 fully saturated rings. The average molecular weight is 239 g/mol. The topological polar surface area (TPSA) is 74.6 Å². The quantitative estimate of drug-likeness (QED) is 0.786. The van der Waals surface area contributed by atoms with Crippen LogP contribution in [0, 0.1) is 17.3 Å². The summed E-state index contributed by atoms with van der Waals surface area (Å²) in [4.78, 5) is 21.5. The molecule has 1 rings (SSSR count). The lowest BCUT2D eigenvalue weighted by atomic mass is 10.1. The number of aliphatic carboxylic acids is 2. The van der Waals surface area contributed by atoms with Gasteiger partial charge >= 0.3 is 11.9 Å². The summed E-state index contributed by atoms with van der Waals surface area (Å²) in [6.45, 7) is 1.37. The summed E-state index contributed by atoms with van der Waals surface area (Å²) in [6.07, 6.45) is 1.26. The van der Waals surface area contributed by atoms with Crippen LogP contribution < -0.4 is 0 Å². The molecule has 78 valence electrons. The Morgan fingerprint density at radius 3 is 2.07 bits per heavy atom. The fourth-order valence-corrected chi connectivity index (χ4v) is 1.91. The first kappa shape index (κ1) is 11.3. The van der Waals surface area contributed by atoms with Crippen LogP contribution in [0.5, 0.6) is 0 Å². The van der Waals surface area contributed by atoms with Gasteiger partial charge in [-0.25, -0.2) is 0 Å². The van der Waals surface area contributed by atoms with Crippen molar-refractivity contribution < 1.29 is 19.8 Å².